The van der Waals surface area contributed by atoms with Gasteiger partial charge in [-0.25, -0.2) is 0 Å². The summed E-state index contributed by atoms with van der Waals surface area (Å²) in [4.78, 5) is 0. The average molecular weight is 314 g/mol. The topological polar surface area (TPSA) is 66.4 Å². The van der Waals surface area contributed by atoms with Gasteiger partial charge >= 0.3 is 0 Å². The summed E-state index contributed by atoms with van der Waals surface area (Å²) in [6.45, 7) is 9.69. The predicted octanol–water partition coefficient (Wildman–Crippen LogP) is 1.71. The fourth-order valence-electron chi connectivity index (χ4n) is 3.30. The fraction of sp³-hybridized carbons (Fsp3) is 0.875. The summed E-state index contributed by atoms with van der Waals surface area (Å²) >= 11 is 0. The van der Waals surface area contributed by atoms with E-state index in [2.05, 4.69) is 0 Å². The molecule has 3 aliphatic heterocycles. The van der Waals surface area contributed by atoms with Crippen molar-refractivity contribution in [3.63, 3.8) is 0 Å². The van der Waals surface area contributed by atoms with Gasteiger partial charge in [-0.1, -0.05) is 19.1 Å². The molecule has 0 aromatic rings. The number of ether oxygens (including phenoxy) is 5. The summed E-state index contributed by atoms with van der Waals surface area (Å²) in [6.07, 6.45) is 2.31. The summed E-state index contributed by atoms with van der Waals surface area (Å²) in [5, 5.41) is 11.3. The molecule has 3 fully saturated rings. The van der Waals surface area contributed by atoms with Gasteiger partial charge in [0, 0.05) is 0 Å². The molecule has 1 N–H and O–H groups in total. The van der Waals surface area contributed by atoms with Crippen LogP contribution in [0.5, 0.6) is 0 Å². The normalized spacial score (nSPS) is 46.5. The van der Waals surface area contributed by atoms with Crippen LogP contribution >= 0.6 is 0 Å². The Bertz CT molecular complexity index is 460. The molecule has 0 saturated carbocycles. The molecule has 0 amide bonds. The second-order valence-corrected chi connectivity index (χ2v) is 7.05. The Balaban J connectivity index is 1.86. The van der Waals surface area contributed by atoms with Crippen LogP contribution in [-0.2, 0) is 23.7 Å². The number of hydrogen-bond acceptors (Lipinski definition) is 6. The predicted molar refractivity (Wildman–Crippen MR) is 78.0 cm³/mol. The molecule has 0 radical (unpaired) electrons. The molecule has 3 heterocycles. The van der Waals surface area contributed by atoms with Crippen molar-refractivity contribution in [3.05, 3.63) is 12.2 Å². The second-order valence-electron chi connectivity index (χ2n) is 7.05. The summed E-state index contributed by atoms with van der Waals surface area (Å²) < 4.78 is 29.1. The molecule has 0 bridgehead atoms. The number of fused-ring (bicyclic) bond motifs is 1. The van der Waals surface area contributed by atoms with E-state index < -0.39 is 35.7 Å². The van der Waals surface area contributed by atoms with Crippen molar-refractivity contribution < 1.29 is 28.8 Å². The maximum Gasteiger partial charge on any atom is 0.191 e. The molecule has 3 saturated heterocycles. The highest BCUT2D eigenvalue weighted by Gasteiger charge is 2.65. The Morgan fingerprint density at radius 1 is 1.05 bits per heavy atom. The summed E-state index contributed by atoms with van der Waals surface area (Å²) in [6, 6.07) is 0. The van der Waals surface area contributed by atoms with E-state index in [9.17, 15) is 5.11 Å². The van der Waals surface area contributed by atoms with Crippen molar-refractivity contribution in [2.24, 2.45) is 0 Å². The number of allylic oxidation sites excluding steroid dienone is 1. The molecular formula is C16H26O6. The lowest BCUT2D eigenvalue weighted by Crippen LogP contribution is -2.52. The van der Waals surface area contributed by atoms with Crippen molar-refractivity contribution in [1.29, 1.82) is 0 Å². The lowest BCUT2D eigenvalue weighted by Gasteiger charge is -2.33. The minimum absolute atomic E-state index is 0.364. The van der Waals surface area contributed by atoms with Crippen LogP contribution in [0.4, 0.5) is 0 Å². The maximum absolute atomic E-state index is 11.3. The van der Waals surface area contributed by atoms with Crippen molar-refractivity contribution in [2.75, 3.05) is 6.61 Å². The molecule has 6 nitrogen and oxygen atoms in total. The molecule has 0 aromatic heterocycles. The van der Waals surface area contributed by atoms with Gasteiger partial charge in [-0.05, 0) is 34.1 Å². The molecule has 5 atom stereocenters. The standard InChI is InChI=1S/C16H26O6/c1-6-7-8-16(17)11(10-9-18-14(2,3)20-10)19-13-12(16)21-15(4,5)22-13/h7-8,10-13,17H,6,9H2,1-5H3/b8-7+/t10-,11-,12+,13-,16-/m1/s1. The Labute approximate surface area is 131 Å². The molecule has 0 spiro atoms. The third-order valence-electron chi connectivity index (χ3n) is 4.24. The first-order chi connectivity index (χ1) is 10.2. The van der Waals surface area contributed by atoms with Crippen molar-refractivity contribution >= 4 is 0 Å². The minimum Gasteiger partial charge on any atom is -0.380 e. The van der Waals surface area contributed by atoms with Crippen molar-refractivity contribution in [3.8, 4) is 0 Å². The zero-order valence-electron chi connectivity index (χ0n) is 13.9. The number of aliphatic hydroxyl groups is 1. The second kappa shape index (κ2) is 5.26. The highest BCUT2D eigenvalue weighted by atomic mass is 16.8. The third kappa shape index (κ3) is 2.72. The Kier molecular flexibility index (Phi) is 3.91. The highest BCUT2D eigenvalue weighted by Crippen LogP contribution is 2.46. The fourth-order valence-corrected chi connectivity index (χ4v) is 3.30. The van der Waals surface area contributed by atoms with Gasteiger partial charge in [-0.2, -0.15) is 0 Å². The van der Waals surface area contributed by atoms with Crippen LogP contribution in [0.1, 0.15) is 41.0 Å². The van der Waals surface area contributed by atoms with Gasteiger partial charge in [-0.15, -0.1) is 0 Å². The first-order valence-corrected chi connectivity index (χ1v) is 7.90. The molecule has 6 heteroatoms. The molecule has 0 aromatic carbocycles. The van der Waals surface area contributed by atoms with Crippen LogP contribution in [0.2, 0.25) is 0 Å². The van der Waals surface area contributed by atoms with E-state index in [0.717, 1.165) is 6.42 Å². The molecule has 22 heavy (non-hydrogen) atoms. The molecule has 0 unspecified atom stereocenters. The summed E-state index contributed by atoms with van der Waals surface area (Å²) in [7, 11) is 0. The van der Waals surface area contributed by atoms with Gasteiger partial charge in [0.2, 0.25) is 0 Å². The van der Waals surface area contributed by atoms with Crippen LogP contribution < -0.4 is 0 Å². The van der Waals surface area contributed by atoms with E-state index in [-0.39, 0.29) is 6.10 Å². The van der Waals surface area contributed by atoms with Crippen molar-refractivity contribution in [2.45, 2.75) is 82.8 Å². The van der Waals surface area contributed by atoms with E-state index >= 15 is 0 Å². The smallest absolute Gasteiger partial charge is 0.191 e. The molecule has 3 rings (SSSR count). The first-order valence-electron chi connectivity index (χ1n) is 7.90. The number of rotatable bonds is 3. The van der Waals surface area contributed by atoms with E-state index in [1.165, 1.54) is 0 Å². The molecule has 126 valence electrons. The van der Waals surface area contributed by atoms with E-state index in [1.54, 1.807) is 6.08 Å². The average Bonchev–Trinajstić information content (AvgIpc) is 2.99. The monoisotopic (exact) mass is 314 g/mol. The van der Waals surface area contributed by atoms with Gasteiger partial charge in [0.1, 0.15) is 23.9 Å². The van der Waals surface area contributed by atoms with Crippen LogP contribution in [0.3, 0.4) is 0 Å². The van der Waals surface area contributed by atoms with Crippen LogP contribution in [0.15, 0.2) is 12.2 Å². The minimum atomic E-state index is -1.30. The molecule has 0 aliphatic carbocycles. The van der Waals surface area contributed by atoms with E-state index in [4.69, 9.17) is 23.7 Å². The Morgan fingerprint density at radius 3 is 2.36 bits per heavy atom. The Morgan fingerprint density at radius 2 is 1.77 bits per heavy atom. The lowest BCUT2D eigenvalue weighted by atomic mass is 9.88. The van der Waals surface area contributed by atoms with E-state index in [0.29, 0.717) is 6.61 Å². The van der Waals surface area contributed by atoms with Gasteiger partial charge in [0.15, 0.2) is 17.9 Å². The van der Waals surface area contributed by atoms with Gasteiger partial charge < -0.3 is 28.8 Å². The van der Waals surface area contributed by atoms with Gasteiger partial charge in [0.25, 0.3) is 0 Å². The summed E-state index contributed by atoms with van der Waals surface area (Å²) in [5.74, 6) is -1.46. The van der Waals surface area contributed by atoms with Gasteiger partial charge in [0.05, 0.1) is 6.61 Å². The lowest BCUT2D eigenvalue weighted by molar-refractivity contribution is -0.241. The van der Waals surface area contributed by atoms with Gasteiger partial charge in [-0.3, -0.25) is 0 Å². The zero-order valence-corrected chi connectivity index (χ0v) is 13.9. The molecular weight excluding hydrogens is 288 g/mol. The maximum atomic E-state index is 11.3. The summed E-state index contributed by atoms with van der Waals surface area (Å²) in [5.41, 5.74) is -1.30. The van der Waals surface area contributed by atoms with Crippen molar-refractivity contribution in [1.82, 2.24) is 0 Å². The quantitative estimate of drug-likeness (QED) is 0.800. The SMILES string of the molecule is CC/C=C/[C@@]1(O)[C@@H]([C@H]2COC(C)(C)O2)O[C@@H]2OC(C)(C)O[C@@H]21. The Hall–Kier alpha value is -0.500. The zero-order chi connectivity index (χ0) is 16.2. The first kappa shape index (κ1) is 16.4. The van der Waals surface area contributed by atoms with Crippen LogP contribution in [0.25, 0.3) is 0 Å². The number of hydrogen-bond donors (Lipinski definition) is 1. The van der Waals surface area contributed by atoms with Crippen LogP contribution in [-0.4, -0.2) is 53.5 Å². The molecule has 3 aliphatic rings. The largest absolute Gasteiger partial charge is 0.380 e. The highest BCUT2D eigenvalue weighted by molar-refractivity contribution is 5.18. The van der Waals surface area contributed by atoms with E-state index in [1.807, 2.05) is 40.7 Å². The van der Waals surface area contributed by atoms with Crippen LogP contribution in [0, 0.1) is 0 Å². The third-order valence-corrected chi connectivity index (χ3v) is 4.24.